The van der Waals surface area contributed by atoms with Crippen molar-refractivity contribution >= 4 is 5.91 Å². The fourth-order valence-corrected chi connectivity index (χ4v) is 2.70. The topological polar surface area (TPSA) is 64.5 Å². The van der Waals surface area contributed by atoms with Gasteiger partial charge in [0.2, 0.25) is 0 Å². The summed E-state index contributed by atoms with van der Waals surface area (Å²) in [4.78, 5) is 22.3. The van der Waals surface area contributed by atoms with Crippen LogP contribution in [0.2, 0.25) is 0 Å². The van der Waals surface area contributed by atoms with Crippen molar-refractivity contribution in [2.45, 2.75) is 25.9 Å². The van der Waals surface area contributed by atoms with Gasteiger partial charge in [-0.3, -0.25) is 4.79 Å². The van der Waals surface area contributed by atoms with Gasteiger partial charge in [-0.15, -0.1) is 0 Å². The van der Waals surface area contributed by atoms with E-state index in [0.29, 0.717) is 18.3 Å². The molecule has 0 spiro atoms. The number of rotatable bonds is 5. The first-order chi connectivity index (χ1) is 11.7. The molecule has 1 aliphatic rings. The van der Waals surface area contributed by atoms with Gasteiger partial charge in [-0.1, -0.05) is 12.1 Å². The predicted octanol–water partition coefficient (Wildman–Crippen LogP) is 2.23. The van der Waals surface area contributed by atoms with Crippen molar-refractivity contribution < 1.29 is 14.3 Å². The summed E-state index contributed by atoms with van der Waals surface area (Å²) in [5.41, 5.74) is 1.11. The average Bonchev–Trinajstić information content (AvgIpc) is 2.61. The second kappa shape index (κ2) is 7.77. The highest BCUT2D eigenvalue weighted by Gasteiger charge is 2.25. The second-order valence-corrected chi connectivity index (χ2v) is 5.86. The number of ether oxygens (including phenoxy) is 2. The number of aryl methyl sites for hydroxylation is 1. The van der Waals surface area contributed by atoms with Crippen LogP contribution in [0.5, 0.6) is 11.8 Å². The maximum Gasteiger partial charge on any atom is 0.316 e. The first-order valence-electron chi connectivity index (χ1n) is 8.11. The SMILES string of the molecule is Cc1cccc(OCC(=O)N2CCCC(Oc3ncccn3)C2)c1. The lowest BCUT2D eigenvalue weighted by Crippen LogP contribution is -2.46. The van der Waals surface area contributed by atoms with E-state index in [9.17, 15) is 4.79 Å². The molecule has 0 aliphatic carbocycles. The molecule has 6 heteroatoms. The van der Waals surface area contributed by atoms with E-state index in [2.05, 4.69) is 9.97 Å². The Kier molecular flexibility index (Phi) is 5.25. The molecule has 0 bridgehead atoms. The van der Waals surface area contributed by atoms with Gasteiger partial charge in [0.25, 0.3) is 5.91 Å². The second-order valence-electron chi connectivity index (χ2n) is 5.86. The number of hydrogen-bond acceptors (Lipinski definition) is 5. The van der Waals surface area contributed by atoms with Crippen LogP contribution in [0.3, 0.4) is 0 Å². The van der Waals surface area contributed by atoms with Crippen molar-refractivity contribution in [2.75, 3.05) is 19.7 Å². The molecular weight excluding hydrogens is 306 g/mol. The van der Waals surface area contributed by atoms with Gasteiger partial charge in [-0.05, 0) is 43.5 Å². The lowest BCUT2D eigenvalue weighted by atomic mass is 10.1. The normalized spacial score (nSPS) is 17.4. The summed E-state index contributed by atoms with van der Waals surface area (Å²) in [7, 11) is 0. The lowest BCUT2D eigenvalue weighted by molar-refractivity contribution is -0.136. The minimum atomic E-state index is -0.0796. The summed E-state index contributed by atoms with van der Waals surface area (Å²) in [5.74, 6) is 0.685. The van der Waals surface area contributed by atoms with Gasteiger partial charge in [0.1, 0.15) is 11.9 Å². The highest BCUT2D eigenvalue weighted by atomic mass is 16.5. The third kappa shape index (κ3) is 4.44. The van der Waals surface area contributed by atoms with Crippen molar-refractivity contribution in [3.63, 3.8) is 0 Å². The Morgan fingerprint density at radius 1 is 1.29 bits per heavy atom. The van der Waals surface area contributed by atoms with Crippen LogP contribution >= 0.6 is 0 Å². The Morgan fingerprint density at radius 3 is 2.92 bits per heavy atom. The quantitative estimate of drug-likeness (QED) is 0.842. The van der Waals surface area contributed by atoms with Crippen LogP contribution in [0, 0.1) is 6.92 Å². The summed E-state index contributed by atoms with van der Waals surface area (Å²) in [6.07, 6.45) is 4.99. The van der Waals surface area contributed by atoms with E-state index in [1.54, 1.807) is 23.4 Å². The Labute approximate surface area is 141 Å². The van der Waals surface area contributed by atoms with Crippen LogP contribution in [-0.2, 0) is 4.79 Å². The van der Waals surface area contributed by atoms with Crippen molar-refractivity contribution in [2.24, 2.45) is 0 Å². The molecule has 1 unspecified atom stereocenters. The van der Waals surface area contributed by atoms with Crippen LogP contribution in [0.15, 0.2) is 42.7 Å². The molecule has 2 heterocycles. The van der Waals surface area contributed by atoms with Crippen LogP contribution in [0.1, 0.15) is 18.4 Å². The fraction of sp³-hybridized carbons (Fsp3) is 0.389. The zero-order valence-electron chi connectivity index (χ0n) is 13.7. The van der Waals surface area contributed by atoms with Gasteiger partial charge in [-0.2, -0.15) is 0 Å². The zero-order valence-corrected chi connectivity index (χ0v) is 13.7. The number of piperidine rings is 1. The maximum absolute atomic E-state index is 12.4. The molecular formula is C18H21N3O3. The van der Waals surface area contributed by atoms with E-state index in [0.717, 1.165) is 24.9 Å². The molecule has 0 N–H and O–H groups in total. The number of nitrogens with zero attached hydrogens (tertiary/aromatic N) is 3. The first kappa shape index (κ1) is 16.2. The lowest BCUT2D eigenvalue weighted by Gasteiger charge is -2.32. The van der Waals surface area contributed by atoms with Crippen molar-refractivity contribution in [3.8, 4) is 11.8 Å². The van der Waals surface area contributed by atoms with Gasteiger partial charge in [0, 0.05) is 18.9 Å². The fourth-order valence-electron chi connectivity index (χ4n) is 2.70. The molecule has 1 atom stereocenters. The van der Waals surface area contributed by atoms with Crippen molar-refractivity contribution in [1.29, 1.82) is 0 Å². The van der Waals surface area contributed by atoms with E-state index in [1.807, 2.05) is 31.2 Å². The van der Waals surface area contributed by atoms with Crippen LogP contribution in [-0.4, -0.2) is 46.6 Å². The highest BCUT2D eigenvalue weighted by Crippen LogP contribution is 2.16. The molecule has 1 saturated heterocycles. The number of carbonyl (C=O) groups is 1. The summed E-state index contributed by atoms with van der Waals surface area (Å²) in [5, 5.41) is 0. The highest BCUT2D eigenvalue weighted by molar-refractivity contribution is 5.77. The molecule has 6 nitrogen and oxygen atoms in total. The van der Waals surface area contributed by atoms with Gasteiger partial charge >= 0.3 is 6.01 Å². The minimum absolute atomic E-state index is 0.0289. The number of amides is 1. The molecule has 3 rings (SSSR count). The third-order valence-electron chi connectivity index (χ3n) is 3.90. The number of aromatic nitrogens is 2. The van der Waals surface area contributed by atoms with Crippen molar-refractivity contribution in [3.05, 3.63) is 48.3 Å². The van der Waals surface area contributed by atoms with Crippen LogP contribution in [0.4, 0.5) is 0 Å². The van der Waals surface area contributed by atoms with Gasteiger partial charge in [0.15, 0.2) is 6.61 Å². The molecule has 0 saturated carbocycles. The monoisotopic (exact) mass is 327 g/mol. The smallest absolute Gasteiger partial charge is 0.316 e. The molecule has 1 aromatic carbocycles. The zero-order chi connectivity index (χ0) is 16.8. The van der Waals surface area contributed by atoms with E-state index >= 15 is 0 Å². The number of likely N-dealkylation sites (tertiary alicyclic amines) is 1. The molecule has 0 radical (unpaired) electrons. The van der Waals surface area contributed by atoms with Gasteiger partial charge in [0.05, 0.1) is 6.54 Å². The Bertz CT molecular complexity index is 678. The third-order valence-corrected chi connectivity index (χ3v) is 3.90. The van der Waals surface area contributed by atoms with Crippen LogP contribution in [0.25, 0.3) is 0 Å². The number of hydrogen-bond donors (Lipinski definition) is 0. The van der Waals surface area contributed by atoms with E-state index < -0.39 is 0 Å². The number of benzene rings is 1. The summed E-state index contributed by atoms with van der Waals surface area (Å²) in [6, 6.07) is 9.78. The minimum Gasteiger partial charge on any atom is -0.484 e. The van der Waals surface area contributed by atoms with Gasteiger partial charge in [-0.25, -0.2) is 9.97 Å². The summed E-state index contributed by atoms with van der Waals surface area (Å²) < 4.78 is 11.4. The molecule has 2 aromatic rings. The van der Waals surface area contributed by atoms with Crippen molar-refractivity contribution in [1.82, 2.24) is 14.9 Å². The predicted molar refractivity (Wildman–Crippen MR) is 88.9 cm³/mol. The molecule has 126 valence electrons. The largest absolute Gasteiger partial charge is 0.484 e. The summed E-state index contributed by atoms with van der Waals surface area (Å²) >= 11 is 0. The molecule has 24 heavy (non-hydrogen) atoms. The van der Waals surface area contributed by atoms with E-state index in [4.69, 9.17) is 9.47 Å². The standard InChI is InChI=1S/C18H21N3O3/c1-14-5-2-6-15(11-14)23-13-17(22)21-10-3-7-16(12-21)24-18-19-8-4-9-20-18/h2,4-6,8-9,11,16H,3,7,10,12-13H2,1H3. The average molecular weight is 327 g/mol. The first-order valence-corrected chi connectivity index (χ1v) is 8.11. The van der Waals surface area contributed by atoms with Crippen LogP contribution < -0.4 is 9.47 Å². The van der Waals surface area contributed by atoms with Gasteiger partial charge < -0.3 is 14.4 Å². The molecule has 1 amide bonds. The molecule has 1 aliphatic heterocycles. The molecule has 1 fully saturated rings. The maximum atomic E-state index is 12.4. The van der Waals surface area contributed by atoms with E-state index in [1.165, 1.54) is 0 Å². The number of carbonyl (C=O) groups excluding carboxylic acids is 1. The summed E-state index contributed by atoms with van der Waals surface area (Å²) in [6.45, 7) is 3.30. The Morgan fingerprint density at radius 2 is 2.12 bits per heavy atom. The Balaban J connectivity index is 1.51. The molecule has 1 aromatic heterocycles. The Hall–Kier alpha value is -2.63. The van der Waals surface area contributed by atoms with E-state index in [-0.39, 0.29) is 18.6 Å².